The van der Waals surface area contributed by atoms with Crippen molar-refractivity contribution in [2.75, 3.05) is 29.9 Å². The lowest BCUT2D eigenvalue weighted by molar-refractivity contribution is -0.138. The van der Waals surface area contributed by atoms with E-state index in [-0.39, 0.29) is 36.6 Å². The van der Waals surface area contributed by atoms with E-state index in [1.54, 1.807) is 21.9 Å². The number of pyridine rings is 1. The largest absolute Gasteiger partial charge is 0.416 e. The molecule has 1 N–H and O–H groups in total. The number of alkyl halides is 4. The minimum atomic E-state index is -4.66. The second-order valence-electron chi connectivity index (χ2n) is 10.6. The highest BCUT2D eigenvalue weighted by molar-refractivity contribution is 6.10. The standard InChI is InChI=1S/C30H29F4N7O/c1-3-35-26-12-19(21-6-4-5-7-22(21)28-38-36-17-39(28)2)13-27(37-26)41-16-24-23(29(41)42)10-18(11-25(24)30(32,33)34)14-40-9-8-20(31)15-40/h4-7,10-13,17,20H,3,8-9,14-16H2,1-2H3,(H,35,37)/t20-/m0/s1. The zero-order chi connectivity index (χ0) is 29.6. The molecule has 8 nitrogen and oxygen atoms in total. The molecule has 0 aliphatic carbocycles. The summed E-state index contributed by atoms with van der Waals surface area (Å²) in [5.74, 6) is 0.786. The monoisotopic (exact) mass is 579 g/mol. The van der Waals surface area contributed by atoms with Gasteiger partial charge in [-0.3, -0.25) is 14.6 Å². The van der Waals surface area contributed by atoms with Crippen molar-refractivity contribution in [3.63, 3.8) is 0 Å². The Kier molecular flexibility index (Phi) is 7.17. The molecule has 1 fully saturated rings. The van der Waals surface area contributed by atoms with Crippen LogP contribution in [0.5, 0.6) is 0 Å². The third kappa shape index (κ3) is 5.22. The van der Waals surface area contributed by atoms with Gasteiger partial charge in [-0.1, -0.05) is 24.3 Å². The van der Waals surface area contributed by atoms with Crippen LogP contribution < -0.4 is 10.2 Å². The van der Waals surface area contributed by atoms with E-state index in [0.717, 1.165) is 17.2 Å². The summed E-state index contributed by atoms with van der Waals surface area (Å²) in [5, 5.41) is 11.4. The summed E-state index contributed by atoms with van der Waals surface area (Å²) in [5.41, 5.74) is 1.70. The Bertz CT molecular complexity index is 1650. The molecule has 4 heterocycles. The summed E-state index contributed by atoms with van der Waals surface area (Å²) in [6.07, 6.45) is -3.72. The zero-order valence-electron chi connectivity index (χ0n) is 23.1. The minimum absolute atomic E-state index is 0.00694. The molecule has 2 aliphatic rings. The highest BCUT2D eigenvalue weighted by Crippen LogP contribution is 2.41. The van der Waals surface area contributed by atoms with Crippen LogP contribution in [0.3, 0.4) is 0 Å². The van der Waals surface area contributed by atoms with Crippen molar-refractivity contribution in [2.45, 2.75) is 38.8 Å². The maximum absolute atomic E-state index is 14.3. The summed E-state index contributed by atoms with van der Waals surface area (Å²) in [4.78, 5) is 21.4. The van der Waals surface area contributed by atoms with Gasteiger partial charge in [0, 0.05) is 44.4 Å². The maximum atomic E-state index is 14.3. The molecule has 0 unspecified atom stereocenters. The van der Waals surface area contributed by atoms with Gasteiger partial charge in [0.25, 0.3) is 5.91 Å². The second kappa shape index (κ2) is 10.8. The number of anilines is 2. The Hall–Kier alpha value is -4.32. The van der Waals surface area contributed by atoms with Gasteiger partial charge in [0.05, 0.1) is 12.1 Å². The molecule has 218 valence electrons. The smallest absolute Gasteiger partial charge is 0.370 e. The van der Waals surface area contributed by atoms with Crippen LogP contribution in [0.4, 0.5) is 29.2 Å². The van der Waals surface area contributed by atoms with Crippen LogP contribution in [-0.2, 0) is 26.3 Å². The molecule has 0 spiro atoms. The molecular formula is C30H29F4N7O. The van der Waals surface area contributed by atoms with E-state index >= 15 is 0 Å². The lowest BCUT2D eigenvalue weighted by Crippen LogP contribution is -2.24. The quantitative estimate of drug-likeness (QED) is 0.283. The average Bonchev–Trinajstić information content (AvgIpc) is 3.66. The summed E-state index contributed by atoms with van der Waals surface area (Å²) in [6, 6.07) is 13.7. The number of aromatic nitrogens is 4. The van der Waals surface area contributed by atoms with Crippen molar-refractivity contribution >= 4 is 17.5 Å². The van der Waals surface area contributed by atoms with Gasteiger partial charge in [-0.2, -0.15) is 13.2 Å². The number of halogens is 4. The Labute approximate surface area is 240 Å². The van der Waals surface area contributed by atoms with Crippen LogP contribution in [-0.4, -0.2) is 56.4 Å². The van der Waals surface area contributed by atoms with Gasteiger partial charge in [-0.25, -0.2) is 9.37 Å². The van der Waals surface area contributed by atoms with Crippen molar-refractivity contribution < 1.29 is 22.4 Å². The summed E-state index contributed by atoms with van der Waals surface area (Å²) in [6.45, 7) is 2.94. The number of rotatable bonds is 7. The fraction of sp³-hybridized carbons (Fsp3) is 0.333. The first kappa shape index (κ1) is 27.8. The molecule has 2 aliphatic heterocycles. The van der Waals surface area contributed by atoms with Gasteiger partial charge in [0.1, 0.15) is 24.1 Å². The molecule has 0 bridgehead atoms. The lowest BCUT2D eigenvalue weighted by Gasteiger charge is -2.19. The van der Waals surface area contributed by atoms with E-state index in [9.17, 15) is 22.4 Å². The number of fused-ring (bicyclic) bond motifs is 1. The topological polar surface area (TPSA) is 79.2 Å². The molecule has 2 aromatic carbocycles. The third-order valence-electron chi connectivity index (χ3n) is 7.66. The van der Waals surface area contributed by atoms with E-state index < -0.39 is 23.8 Å². The Morgan fingerprint density at radius 1 is 1.07 bits per heavy atom. The van der Waals surface area contributed by atoms with Gasteiger partial charge < -0.3 is 9.88 Å². The number of aryl methyl sites for hydroxylation is 1. The van der Waals surface area contributed by atoms with Gasteiger partial charge in [-0.15, -0.1) is 10.2 Å². The summed E-state index contributed by atoms with van der Waals surface area (Å²) >= 11 is 0. The number of carbonyl (C=O) groups excluding carboxylic acids is 1. The number of hydrogen-bond donors (Lipinski definition) is 1. The van der Waals surface area contributed by atoms with Crippen LogP contribution in [0.15, 0.2) is 54.9 Å². The van der Waals surface area contributed by atoms with Crippen LogP contribution in [0.2, 0.25) is 0 Å². The maximum Gasteiger partial charge on any atom is 0.416 e. The molecular weight excluding hydrogens is 550 g/mol. The SMILES string of the molecule is CCNc1cc(-c2ccccc2-c2nncn2C)cc(N2Cc3c(cc(CN4CC[C@H](F)C4)cc3C(F)(F)F)C2=O)n1. The van der Waals surface area contributed by atoms with Crippen LogP contribution in [0.1, 0.15) is 40.4 Å². The van der Waals surface area contributed by atoms with E-state index in [2.05, 4.69) is 20.5 Å². The Morgan fingerprint density at radius 2 is 1.86 bits per heavy atom. The predicted molar refractivity (Wildman–Crippen MR) is 151 cm³/mol. The van der Waals surface area contributed by atoms with Crippen LogP contribution >= 0.6 is 0 Å². The number of carbonyl (C=O) groups is 1. The molecule has 0 saturated carbocycles. The number of nitrogens with zero attached hydrogens (tertiary/aromatic N) is 6. The zero-order valence-corrected chi connectivity index (χ0v) is 23.1. The Balaban J connectivity index is 1.41. The first-order chi connectivity index (χ1) is 20.1. The fourth-order valence-corrected chi connectivity index (χ4v) is 5.72. The van der Waals surface area contributed by atoms with Crippen molar-refractivity contribution in [3.8, 4) is 22.5 Å². The van der Waals surface area contributed by atoms with Gasteiger partial charge in [0.2, 0.25) is 0 Å². The molecule has 1 atom stereocenters. The van der Waals surface area contributed by atoms with Gasteiger partial charge in [-0.05, 0) is 59.9 Å². The lowest BCUT2D eigenvalue weighted by atomic mass is 9.98. The van der Waals surface area contributed by atoms with Crippen molar-refractivity contribution in [3.05, 3.63) is 77.1 Å². The van der Waals surface area contributed by atoms with E-state index in [4.69, 9.17) is 0 Å². The highest BCUT2D eigenvalue weighted by Gasteiger charge is 2.41. The average molecular weight is 580 g/mol. The molecule has 6 rings (SSSR count). The predicted octanol–water partition coefficient (Wildman–Crippen LogP) is 5.70. The molecule has 0 radical (unpaired) electrons. The molecule has 1 amide bonds. The van der Waals surface area contributed by atoms with Crippen molar-refractivity contribution in [1.82, 2.24) is 24.6 Å². The van der Waals surface area contributed by atoms with E-state index in [1.165, 1.54) is 11.0 Å². The highest BCUT2D eigenvalue weighted by atomic mass is 19.4. The second-order valence-corrected chi connectivity index (χ2v) is 10.6. The third-order valence-corrected chi connectivity index (χ3v) is 7.66. The van der Waals surface area contributed by atoms with Gasteiger partial charge in [0.15, 0.2) is 5.82 Å². The number of amides is 1. The van der Waals surface area contributed by atoms with Crippen LogP contribution in [0, 0.1) is 0 Å². The van der Waals surface area contributed by atoms with Crippen molar-refractivity contribution in [2.24, 2.45) is 7.05 Å². The summed E-state index contributed by atoms with van der Waals surface area (Å²) in [7, 11) is 1.83. The number of nitrogens with one attached hydrogen (secondary N) is 1. The van der Waals surface area contributed by atoms with Crippen molar-refractivity contribution in [1.29, 1.82) is 0 Å². The minimum Gasteiger partial charge on any atom is -0.370 e. The normalized spacial score (nSPS) is 17.2. The first-order valence-corrected chi connectivity index (χ1v) is 13.7. The molecule has 4 aromatic rings. The fourth-order valence-electron chi connectivity index (χ4n) is 5.72. The molecule has 42 heavy (non-hydrogen) atoms. The van der Waals surface area contributed by atoms with Gasteiger partial charge >= 0.3 is 6.18 Å². The van der Waals surface area contributed by atoms with E-state index in [0.29, 0.717) is 42.3 Å². The van der Waals surface area contributed by atoms with Crippen LogP contribution in [0.25, 0.3) is 22.5 Å². The molecule has 1 saturated heterocycles. The number of benzene rings is 2. The molecule has 2 aromatic heterocycles. The number of hydrogen-bond acceptors (Lipinski definition) is 6. The molecule has 12 heteroatoms. The Morgan fingerprint density at radius 3 is 2.52 bits per heavy atom. The summed E-state index contributed by atoms with van der Waals surface area (Å²) < 4.78 is 58.3. The van der Waals surface area contributed by atoms with E-state index in [1.807, 2.05) is 44.3 Å². The number of likely N-dealkylation sites (tertiary alicyclic amines) is 1. The first-order valence-electron chi connectivity index (χ1n) is 13.7.